The first kappa shape index (κ1) is 21.8. The van der Waals surface area contributed by atoms with E-state index in [1.807, 2.05) is 6.92 Å². The number of rotatable bonds is 3. The maximum absolute atomic E-state index is 11.1. The Bertz CT molecular complexity index is 864. The topological polar surface area (TPSA) is 135 Å². The van der Waals surface area contributed by atoms with Crippen molar-refractivity contribution in [3.8, 4) is 0 Å². The molecule has 0 unspecified atom stereocenters. The van der Waals surface area contributed by atoms with Gasteiger partial charge in [-0.25, -0.2) is 20.4 Å². The van der Waals surface area contributed by atoms with Gasteiger partial charge in [-0.1, -0.05) is 19.4 Å². The van der Waals surface area contributed by atoms with Crippen LogP contribution in [0.3, 0.4) is 0 Å². The zero-order valence-corrected chi connectivity index (χ0v) is 18.9. The Balaban J connectivity index is 1.55. The summed E-state index contributed by atoms with van der Waals surface area (Å²) in [5, 5.41) is 8.49. The van der Waals surface area contributed by atoms with Gasteiger partial charge in [0, 0.05) is 11.6 Å². The largest absolute Gasteiger partial charge is 0.350 e. The summed E-state index contributed by atoms with van der Waals surface area (Å²) in [5.74, 6) is 2.51. The highest BCUT2D eigenvalue weighted by molar-refractivity contribution is 5.97. The summed E-state index contributed by atoms with van der Waals surface area (Å²) >= 11 is 0. The number of hydrogen-bond donors (Lipinski definition) is 4. The molecule has 8 nitrogen and oxygen atoms in total. The Kier molecular flexibility index (Phi) is 5.60. The molecule has 8 heteroatoms. The Hall–Kier alpha value is -2.38. The van der Waals surface area contributed by atoms with Gasteiger partial charge in [-0.05, 0) is 93.0 Å². The summed E-state index contributed by atoms with van der Waals surface area (Å²) < 4.78 is 0. The number of allylic oxidation sites excluding steroid dienone is 2. The molecule has 0 radical (unpaired) electrons. The summed E-state index contributed by atoms with van der Waals surface area (Å²) in [5.41, 5.74) is 19.1. The van der Waals surface area contributed by atoms with Crippen molar-refractivity contribution >= 4 is 23.5 Å². The molecule has 31 heavy (non-hydrogen) atoms. The van der Waals surface area contributed by atoms with Crippen LogP contribution in [0.2, 0.25) is 0 Å². The van der Waals surface area contributed by atoms with Crippen molar-refractivity contribution in [1.29, 1.82) is 0 Å². The number of amides is 4. The molecule has 3 fully saturated rings. The number of fused-ring (bicyclic) bond motifs is 5. The summed E-state index contributed by atoms with van der Waals surface area (Å²) in [6.07, 6.45) is 11.3. The van der Waals surface area contributed by atoms with Crippen LogP contribution in [0.4, 0.5) is 9.59 Å². The van der Waals surface area contributed by atoms with E-state index in [9.17, 15) is 9.59 Å². The predicted molar refractivity (Wildman–Crippen MR) is 121 cm³/mol. The fourth-order valence-electron chi connectivity index (χ4n) is 7.69. The molecular formula is C23H36N6O2. The Morgan fingerprint density at radius 2 is 1.74 bits per heavy atom. The van der Waals surface area contributed by atoms with Crippen LogP contribution < -0.4 is 22.3 Å². The third-order valence-corrected chi connectivity index (χ3v) is 9.13. The maximum atomic E-state index is 11.1. The number of hydrogen-bond acceptors (Lipinski definition) is 4. The van der Waals surface area contributed by atoms with E-state index in [4.69, 9.17) is 11.5 Å². The van der Waals surface area contributed by atoms with E-state index in [-0.39, 0.29) is 10.8 Å². The minimum absolute atomic E-state index is 0.213. The second-order valence-corrected chi connectivity index (χ2v) is 10.5. The van der Waals surface area contributed by atoms with Gasteiger partial charge in [0.25, 0.3) is 0 Å². The first-order valence-electron chi connectivity index (χ1n) is 11.6. The summed E-state index contributed by atoms with van der Waals surface area (Å²) in [4.78, 5) is 22.1. The molecule has 0 heterocycles. The molecule has 0 aromatic carbocycles. The molecule has 3 saturated carbocycles. The van der Waals surface area contributed by atoms with Crippen LogP contribution in [-0.2, 0) is 0 Å². The average molecular weight is 429 g/mol. The van der Waals surface area contributed by atoms with Gasteiger partial charge in [-0.15, -0.1) is 0 Å². The quantitative estimate of drug-likeness (QED) is 0.403. The number of urea groups is 2. The number of carbonyl (C=O) groups excluding carboxylic acids is 2. The molecule has 0 aromatic heterocycles. The first-order valence-corrected chi connectivity index (χ1v) is 11.6. The van der Waals surface area contributed by atoms with Gasteiger partial charge in [0.15, 0.2) is 0 Å². The van der Waals surface area contributed by atoms with Crippen molar-refractivity contribution in [2.24, 2.45) is 56.2 Å². The number of nitrogens with one attached hydrogen (secondary N) is 2. The van der Waals surface area contributed by atoms with Crippen molar-refractivity contribution in [2.75, 3.05) is 0 Å². The number of primary amides is 2. The number of hydrazone groups is 2. The van der Waals surface area contributed by atoms with Gasteiger partial charge in [-0.3, -0.25) is 0 Å². The normalized spacial score (nSPS) is 40.9. The van der Waals surface area contributed by atoms with Crippen LogP contribution >= 0.6 is 0 Å². The van der Waals surface area contributed by atoms with E-state index < -0.39 is 12.1 Å². The highest BCUT2D eigenvalue weighted by Crippen LogP contribution is 2.66. The van der Waals surface area contributed by atoms with E-state index in [1.165, 1.54) is 31.3 Å². The monoisotopic (exact) mass is 428 g/mol. The molecule has 0 aliphatic heterocycles. The van der Waals surface area contributed by atoms with E-state index in [0.717, 1.165) is 43.0 Å². The van der Waals surface area contributed by atoms with E-state index >= 15 is 0 Å². The molecule has 0 bridgehead atoms. The Morgan fingerprint density at radius 1 is 1.00 bits per heavy atom. The van der Waals surface area contributed by atoms with Crippen LogP contribution in [0, 0.1) is 34.5 Å². The summed E-state index contributed by atoms with van der Waals surface area (Å²) in [6.45, 7) is 6.93. The molecule has 4 amide bonds. The minimum Gasteiger partial charge on any atom is -0.350 e. The van der Waals surface area contributed by atoms with Gasteiger partial charge in [-0.2, -0.15) is 10.2 Å². The Labute approximate surface area is 184 Å². The van der Waals surface area contributed by atoms with Crippen molar-refractivity contribution in [3.05, 3.63) is 11.6 Å². The lowest BCUT2D eigenvalue weighted by atomic mass is 9.46. The smallest absolute Gasteiger partial charge is 0.332 e. The highest BCUT2D eigenvalue weighted by Gasteiger charge is 2.59. The van der Waals surface area contributed by atoms with Crippen molar-refractivity contribution in [3.63, 3.8) is 0 Å². The van der Waals surface area contributed by atoms with E-state index in [1.54, 1.807) is 0 Å². The fraction of sp³-hybridized carbons (Fsp3) is 0.739. The lowest BCUT2D eigenvalue weighted by molar-refractivity contribution is -0.0407. The molecule has 4 aliphatic rings. The van der Waals surface area contributed by atoms with Crippen molar-refractivity contribution < 1.29 is 9.59 Å². The molecule has 0 aromatic rings. The molecule has 4 aliphatic carbocycles. The zero-order valence-electron chi connectivity index (χ0n) is 18.9. The molecule has 0 saturated heterocycles. The van der Waals surface area contributed by atoms with E-state index in [2.05, 4.69) is 41.0 Å². The minimum atomic E-state index is -0.616. The van der Waals surface area contributed by atoms with Gasteiger partial charge in [0.1, 0.15) is 0 Å². The van der Waals surface area contributed by atoms with Crippen LogP contribution in [0.5, 0.6) is 0 Å². The van der Waals surface area contributed by atoms with Gasteiger partial charge in [0.05, 0.1) is 5.71 Å². The van der Waals surface area contributed by atoms with Gasteiger partial charge >= 0.3 is 12.1 Å². The SMILES string of the molecule is CC(=NNC(N)=O)[C@@H]1CC[C@@H]2[C@H]3CCC4=C/C(=N\NC(N)=O)CC[C@]4(C)[C@@H]3CC[C@]21C. The third kappa shape index (κ3) is 3.74. The van der Waals surface area contributed by atoms with Crippen LogP contribution in [0.15, 0.2) is 21.9 Å². The molecular weight excluding hydrogens is 392 g/mol. The van der Waals surface area contributed by atoms with E-state index in [0.29, 0.717) is 17.8 Å². The van der Waals surface area contributed by atoms with Gasteiger partial charge in [0.2, 0.25) is 0 Å². The number of nitrogens with two attached hydrogens (primary N) is 2. The second kappa shape index (κ2) is 7.95. The lowest BCUT2D eigenvalue weighted by Gasteiger charge is -2.58. The highest BCUT2D eigenvalue weighted by atomic mass is 16.2. The lowest BCUT2D eigenvalue weighted by Crippen LogP contribution is -2.51. The predicted octanol–water partition coefficient (Wildman–Crippen LogP) is 3.63. The van der Waals surface area contributed by atoms with Crippen LogP contribution in [0.25, 0.3) is 0 Å². The van der Waals surface area contributed by atoms with Crippen LogP contribution in [-0.4, -0.2) is 23.5 Å². The van der Waals surface area contributed by atoms with Crippen molar-refractivity contribution in [2.45, 2.75) is 72.1 Å². The fourth-order valence-corrected chi connectivity index (χ4v) is 7.69. The molecule has 170 valence electrons. The first-order chi connectivity index (χ1) is 14.6. The number of nitrogens with zero attached hydrogens (tertiary/aromatic N) is 2. The molecule has 4 rings (SSSR count). The van der Waals surface area contributed by atoms with Crippen molar-refractivity contribution in [1.82, 2.24) is 10.9 Å². The zero-order chi connectivity index (χ0) is 22.4. The van der Waals surface area contributed by atoms with Crippen LogP contribution in [0.1, 0.15) is 72.1 Å². The average Bonchev–Trinajstić information content (AvgIpc) is 3.07. The molecule has 0 spiro atoms. The summed E-state index contributed by atoms with van der Waals surface area (Å²) in [6, 6.07) is -1.22. The molecule has 6 N–H and O–H groups in total. The second-order valence-electron chi connectivity index (χ2n) is 10.5. The maximum Gasteiger partial charge on any atom is 0.332 e. The standard InChI is InChI=1S/C23H36N6O2/c1-13(26-28-20(24)30)17-6-7-18-16-5-4-14-12-15(27-29-21(25)31)8-10-22(14,2)19(16)9-11-23(17,18)3/h12,16-19H,4-11H2,1-3H3,(H3,24,28,30)(H3,25,29,31)/b26-13?,27-15-/t16-,17+,18-,19-,22+,23+/m1/s1. The summed E-state index contributed by atoms with van der Waals surface area (Å²) in [7, 11) is 0. The Morgan fingerprint density at radius 3 is 2.45 bits per heavy atom. The van der Waals surface area contributed by atoms with Gasteiger partial charge < -0.3 is 11.5 Å². The number of carbonyl (C=O) groups is 2. The molecule has 6 atom stereocenters. The third-order valence-electron chi connectivity index (χ3n) is 9.13.